The largest absolute Gasteiger partial charge is 0.458 e. The molecule has 6 heteroatoms. The molecule has 0 unspecified atom stereocenters. The Bertz CT molecular complexity index is 3740. The summed E-state index contributed by atoms with van der Waals surface area (Å²) < 4.78 is 18.9. The molecule has 0 spiro atoms. The van der Waals surface area contributed by atoms with Crippen LogP contribution in [0.5, 0.6) is 23.0 Å². The van der Waals surface area contributed by atoms with Gasteiger partial charge in [0.2, 0.25) is 0 Å². The van der Waals surface area contributed by atoms with E-state index in [2.05, 4.69) is 191 Å². The van der Waals surface area contributed by atoms with Crippen LogP contribution in [0.1, 0.15) is 0 Å². The first-order chi connectivity index (χ1) is 29.8. The molecule has 4 aliphatic rings. The molecule has 15 rings (SSSR count). The summed E-state index contributed by atoms with van der Waals surface area (Å²) in [6.45, 7) is -0.0122. The molecule has 0 bridgehead atoms. The Labute approximate surface area is 345 Å². The summed E-state index contributed by atoms with van der Waals surface area (Å²) >= 11 is 0. The van der Waals surface area contributed by atoms with Gasteiger partial charge in [-0.25, -0.2) is 0 Å². The number of rotatable bonds is 2. The fraction of sp³-hybridized carbons (Fsp3) is 0. The Morgan fingerprint density at radius 2 is 0.950 bits per heavy atom. The van der Waals surface area contributed by atoms with Gasteiger partial charge in [-0.15, -0.1) is 0 Å². The average molecular weight is 760 g/mol. The van der Waals surface area contributed by atoms with Crippen LogP contribution in [0.4, 0.5) is 0 Å². The van der Waals surface area contributed by atoms with Crippen LogP contribution < -0.4 is 42.3 Å². The second-order valence-corrected chi connectivity index (χ2v) is 16.7. The summed E-state index contributed by atoms with van der Waals surface area (Å²) in [4.78, 5) is 0. The topological polar surface area (TPSA) is 28.3 Å². The lowest BCUT2D eigenvalue weighted by Gasteiger charge is -2.34. The number of ether oxygens (including phenoxy) is 2. The monoisotopic (exact) mass is 760 g/mol. The van der Waals surface area contributed by atoms with E-state index in [1.807, 2.05) is 0 Å². The third kappa shape index (κ3) is 3.80. The molecule has 0 aliphatic carbocycles. The maximum atomic E-state index is 6.92. The summed E-state index contributed by atoms with van der Waals surface area (Å²) in [6.07, 6.45) is 0. The van der Waals surface area contributed by atoms with Crippen molar-refractivity contribution in [2.45, 2.75) is 0 Å². The summed E-state index contributed by atoms with van der Waals surface area (Å²) in [6, 6.07) is 66.5. The van der Waals surface area contributed by atoms with Gasteiger partial charge in [0, 0.05) is 32.9 Å². The maximum Gasteiger partial charge on any atom is 0.256 e. The molecule has 0 atom stereocenters. The van der Waals surface area contributed by atoms with Gasteiger partial charge in [-0.3, -0.25) is 0 Å². The van der Waals surface area contributed by atoms with Crippen LogP contribution in [0, 0.1) is 0 Å². The van der Waals surface area contributed by atoms with Crippen LogP contribution in [0.25, 0.3) is 77.2 Å². The van der Waals surface area contributed by atoms with E-state index in [0.29, 0.717) is 0 Å². The van der Waals surface area contributed by atoms with E-state index >= 15 is 0 Å². The predicted octanol–water partition coefficient (Wildman–Crippen LogP) is 9.09. The number of benzene rings is 9. The normalized spacial score (nSPS) is 13.5. The van der Waals surface area contributed by atoms with E-state index in [9.17, 15) is 0 Å². The molecule has 6 heterocycles. The van der Waals surface area contributed by atoms with E-state index < -0.39 is 0 Å². The molecule has 0 N–H and O–H groups in total. The Balaban J connectivity index is 1.09. The van der Waals surface area contributed by atoms with Crippen LogP contribution >= 0.6 is 0 Å². The molecule has 11 aromatic rings. The average Bonchev–Trinajstić information content (AvgIpc) is 3.84. The minimum absolute atomic E-state index is 0.0155. The Morgan fingerprint density at radius 1 is 0.333 bits per heavy atom. The van der Waals surface area contributed by atoms with E-state index in [0.717, 1.165) is 23.0 Å². The number of hydrogen-bond acceptors (Lipinski definition) is 2. The highest BCUT2D eigenvalue weighted by molar-refractivity contribution is 7.00. The van der Waals surface area contributed by atoms with Crippen LogP contribution in [0.2, 0.25) is 0 Å². The van der Waals surface area contributed by atoms with Crippen molar-refractivity contribution in [3.63, 3.8) is 0 Å². The van der Waals surface area contributed by atoms with Crippen molar-refractivity contribution >= 4 is 89.8 Å². The SMILES string of the molecule is c1ccc(-c2ccc3c(c2)B2c4c(cccc4-n4c5ccccc5c5c4c2cc2c4ccc6c7c4n(c25)-c2ccccc2B7c2cc(-c4ccccc4)ccc2O6)O3)cc1. The quantitative estimate of drug-likeness (QED) is 0.165. The zero-order valence-electron chi connectivity index (χ0n) is 32.2. The van der Waals surface area contributed by atoms with Crippen LogP contribution in [0.15, 0.2) is 182 Å². The molecule has 274 valence electrons. The van der Waals surface area contributed by atoms with Crippen molar-refractivity contribution in [1.29, 1.82) is 0 Å². The predicted molar refractivity (Wildman–Crippen MR) is 248 cm³/mol. The van der Waals surface area contributed by atoms with Gasteiger partial charge < -0.3 is 18.6 Å². The smallest absolute Gasteiger partial charge is 0.256 e. The van der Waals surface area contributed by atoms with Crippen molar-refractivity contribution in [1.82, 2.24) is 9.13 Å². The molecule has 2 aromatic heterocycles. The molecule has 0 fully saturated rings. The van der Waals surface area contributed by atoms with E-state index in [1.165, 1.54) is 110 Å². The first-order valence-corrected chi connectivity index (χ1v) is 20.8. The molecule has 60 heavy (non-hydrogen) atoms. The highest BCUT2D eigenvalue weighted by atomic mass is 16.5. The van der Waals surface area contributed by atoms with Crippen molar-refractivity contribution < 1.29 is 9.47 Å². The van der Waals surface area contributed by atoms with Gasteiger partial charge in [0.05, 0.1) is 22.1 Å². The maximum absolute atomic E-state index is 6.92. The van der Waals surface area contributed by atoms with Crippen molar-refractivity contribution in [2.75, 3.05) is 0 Å². The molecule has 0 saturated heterocycles. The first-order valence-electron chi connectivity index (χ1n) is 20.8. The third-order valence-corrected chi connectivity index (χ3v) is 13.8. The lowest BCUT2D eigenvalue weighted by atomic mass is 9.34. The number of fused-ring (bicyclic) bond motifs is 16. The fourth-order valence-corrected chi connectivity index (χ4v) is 11.4. The summed E-state index contributed by atoms with van der Waals surface area (Å²) in [5, 5.41) is 5.03. The van der Waals surface area contributed by atoms with Crippen LogP contribution in [0.3, 0.4) is 0 Å². The van der Waals surface area contributed by atoms with Crippen molar-refractivity contribution in [2.24, 2.45) is 0 Å². The summed E-state index contributed by atoms with van der Waals surface area (Å²) in [5.41, 5.74) is 19.6. The molecular formula is C54H30B2N2O2. The fourth-order valence-electron chi connectivity index (χ4n) is 11.4. The van der Waals surface area contributed by atoms with Gasteiger partial charge in [-0.2, -0.15) is 0 Å². The minimum atomic E-state index is -0.0277. The second kappa shape index (κ2) is 11.1. The zero-order chi connectivity index (χ0) is 38.8. The van der Waals surface area contributed by atoms with Gasteiger partial charge in [-0.1, -0.05) is 133 Å². The third-order valence-electron chi connectivity index (χ3n) is 13.8. The highest BCUT2D eigenvalue weighted by Crippen LogP contribution is 2.46. The van der Waals surface area contributed by atoms with Gasteiger partial charge in [0.15, 0.2) is 0 Å². The molecule has 0 radical (unpaired) electrons. The van der Waals surface area contributed by atoms with Gasteiger partial charge in [0.25, 0.3) is 13.4 Å². The Kier molecular flexibility index (Phi) is 5.78. The molecular weight excluding hydrogens is 730 g/mol. The van der Waals surface area contributed by atoms with E-state index in [1.54, 1.807) is 0 Å². The standard InChI is InChI=1S/C54H30B2N2O2/c1-3-12-31(13-4-1)33-22-25-45-39(28-33)55-38-17-8-10-19-43(38)58-52-37(35-24-27-48(60-45)51(55)53(35)58)30-41-54-49(52)36-16-7-9-18-42(36)57(54)44-20-11-21-47-50(44)56(41)40-29-34(23-26-46(40)59-47)32-14-5-2-6-15-32/h1-30H. The van der Waals surface area contributed by atoms with Crippen molar-refractivity contribution in [3.05, 3.63) is 182 Å². The number of para-hydroxylation sites is 2. The van der Waals surface area contributed by atoms with Gasteiger partial charge >= 0.3 is 0 Å². The van der Waals surface area contributed by atoms with Crippen molar-refractivity contribution in [3.8, 4) is 56.6 Å². The zero-order valence-corrected chi connectivity index (χ0v) is 32.2. The number of hydrogen-bond donors (Lipinski definition) is 0. The highest BCUT2D eigenvalue weighted by Gasteiger charge is 2.44. The van der Waals surface area contributed by atoms with Crippen LogP contribution in [-0.2, 0) is 0 Å². The summed E-state index contributed by atoms with van der Waals surface area (Å²) in [5.74, 6) is 3.69. The Morgan fingerprint density at radius 3 is 1.70 bits per heavy atom. The van der Waals surface area contributed by atoms with Crippen LogP contribution in [-0.4, -0.2) is 22.6 Å². The Hall–Kier alpha value is -7.69. The molecule has 9 aromatic carbocycles. The lowest BCUT2D eigenvalue weighted by Crippen LogP contribution is -2.58. The molecule has 0 saturated carbocycles. The van der Waals surface area contributed by atoms with E-state index in [-0.39, 0.29) is 13.4 Å². The van der Waals surface area contributed by atoms with E-state index in [4.69, 9.17) is 9.47 Å². The first kappa shape index (κ1) is 31.3. The summed E-state index contributed by atoms with van der Waals surface area (Å²) in [7, 11) is 0. The molecule has 0 amide bonds. The minimum Gasteiger partial charge on any atom is -0.458 e. The number of nitrogens with zero attached hydrogens (tertiary/aromatic N) is 2. The molecule has 4 nitrogen and oxygen atoms in total. The van der Waals surface area contributed by atoms with Gasteiger partial charge in [-0.05, 0) is 104 Å². The van der Waals surface area contributed by atoms with Gasteiger partial charge in [0.1, 0.15) is 23.0 Å². The molecule has 4 aliphatic heterocycles. The second-order valence-electron chi connectivity index (χ2n) is 16.7. The lowest BCUT2D eigenvalue weighted by molar-refractivity contribution is 0.487. The number of aromatic nitrogens is 2.